The van der Waals surface area contributed by atoms with Gasteiger partial charge in [0.15, 0.2) is 0 Å². The maximum atomic E-state index is 5.36. The molecule has 114 valence electrons. The first-order chi connectivity index (χ1) is 9.39. The quantitative estimate of drug-likeness (QED) is 0.747. The Kier molecular flexibility index (Phi) is 5.94. The highest BCUT2D eigenvalue weighted by molar-refractivity contribution is 5.36. The van der Waals surface area contributed by atoms with Crippen LogP contribution in [0.3, 0.4) is 0 Å². The molecule has 0 saturated heterocycles. The van der Waals surface area contributed by atoms with Gasteiger partial charge in [0.25, 0.3) is 0 Å². The van der Waals surface area contributed by atoms with Gasteiger partial charge in [-0.3, -0.25) is 0 Å². The molecule has 2 N–H and O–H groups in total. The van der Waals surface area contributed by atoms with Crippen molar-refractivity contribution in [1.29, 1.82) is 0 Å². The van der Waals surface area contributed by atoms with Crippen molar-refractivity contribution >= 4 is 11.9 Å². The molecule has 0 bridgehead atoms. The van der Waals surface area contributed by atoms with E-state index in [9.17, 15) is 0 Å². The Bertz CT molecular complexity index is 397. The van der Waals surface area contributed by atoms with E-state index in [4.69, 9.17) is 4.74 Å². The number of nitrogens with zero attached hydrogens (tertiary/aromatic N) is 4. The molecule has 1 rings (SSSR count). The normalized spacial score (nSPS) is 11.6. The number of rotatable bonds is 8. The largest absolute Gasteiger partial charge is 0.464 e. The van der Waals surface area contributed by atoms with Gasteiger partial charge in [-0.2, -0.15) is 15.0 Å². The maximum absolute atomic E-state index is 5.36. The van der Waals surface area contributed by atoms with Gasteiger partial charge in [0, 0.05) is 18.6 Å². The minimum absolute atomic E-state index is 0.00322. The van der Waals surface area contributed by atoms with Crippen LogP contribution in [0.5, 0.6) is 6.01 Å². The van der Waals surface area contributed by atoms with Crippen LogP contribution in [-0.4, -0.2) is 59.2 Å². The van der Waals surface area contributed by atoms with Crippen LogP contribution >= 0.6 is 0 Å². The predicted octanol–water partition coefficient (Wildman–Crippen LogP) is 1.45. The number of hydrogen-bond acceptors (Lipinski definition) is 7. The summed E-state index contributed by atoms with van der Waals surface area (Å²) in [6, 6.07) is 0.337. The molecule has 1 aromatic rings. The standard InChI is InChI=1S/C13H26N6O/c1-7-14-10-16-11(18-12(17-10)20-8-2)15-9-13(3,4)19(5)6/h7-9H2,1-6H3,(H2,14,15,16,17,18). The minimum Gasteiger partial charge on any atom is -0.464 e. The molecule has 20 heavy (non-hydrogen) atoms. The summed E-state index contributed by atoms with van der Waals surface area (Å²) in [6.45, 7) is 10.2. The van der Waals surface area contributed by atoms with E-state index in [0.29, 0.717) is 24.5 Å². The molecule has 0 spiro atoms. The van der Waals surface area contributed by atoms with Crippen LogP contribution < -0.4 is 15.4 Å². The molecular weight excluding hydrogens is 256 g/mol. The third-order valence-corrected chi connectivity index (χ3v) is 3.11. The predicted molar refractivity (Wildman–Crippen MR) is 81.4 cm³/mol. The number of anilines is 2. The van der Waals surface area contributed by atoms with Crippen molar-refractivity contribution in [1.82, 2.24) is 19.9 Å². The summed E-state index contributed by atoms with van der Waals surface area (Å²) >= 11 is 0. The molecule has 1 heterocycles. The van der Waals surface area contributed by atoms with Crippen LogP contribution in [0.1, 0.15) is 27.7 Å². The fourth-order valence-corrected chi connectivity index (χ4v) is 1.32. The molecule has 0 unspecified atom stereocenters. The molecule has 7 nitrogen and oxygen atoms in total. The molecular formula is C13H26N6O. The molecule has 1 aromatic heterocycles. The minimum atomic E-state index is -0.00322. The summed E-state index contributed by atoms with van der Waals surface area (Å²) in [6.07, 6.45) is 0. The zero-order valence-corrected chi connectivity index (χ0v) is 13.3. The zero-order chi connectivity index (χ0) is 15.2. The van der Waals surface area contributed by atoms with Crippen molar-refractivity contribution < 1.29 is 4.74 Å². The SMILES string of the molecule is CCNc1nc(NCC(C)(C)N(C)C)nc(OCC)n1. The number of nitrogens with one attached hydrogen (secondary N) is 2. The molecule has 0 aliphatic rings. The Balaban J connectivity index is 2.82. The fourth-order valence-electron chi connectivity index (χ4n) is 1.32. The summed E-state index contributed by atoms with van der Waals surface area (Å²) in [7, 11) is 4.09. The first-order valence-corrected chi connectivity index (χ1v) is 6.93. The first-order valence-electron chi connectivity index (χ1n) is 6.93. The summed E-state index contributed by atoms with van der Waals surface area (Å²) < 4.78 is 5.36. The average molecular weight is 282 g/mol. The molecule has 0 amide bonds. The molecule has 0 aromatic carbocycles. The molecule has 0 aliphatic heterocycles. The Hall–Kier alpha value is -1.63. The number of hydrogen-bond donors (Lipinski definition) is 2. The highest BCUT2D eigenvalue weighted by Crippen LogP contribution is 2.14. The summed E-state index contributed by atoms with van der Waals surface area (Å²) in [5.74, 6) is 1.05. The third kappa shape index (κ3) is 4.80. The highest BCUT2D eigenvalue weighted by atomic mass is 16.5. The lowest BCUT2D eigenvalue weighted by Crippen LogP contribution is -2.44. The molecule has 0 fully saturated rings. The van der Waals surface area contributed by atoms with E-state index in [1.807, 2.05) is 27.9 Å². The number of ether oxygens (including phenoxy) is 1. The van der Waals surface area contributed by atoms with E-state index in [1.165, 1.54) is 0 Å². The second-order valence-electron chi connectivity index (χ2n) is 5.29. The van der Waals surface area contributed by atoms with E-state index in [-0.39, 0.29) is 5.54 Å². The topological polar surface area (TPSA) is 75.2 Å². The van der Waals surface area contributed by atoms with Crippen molar-refractivity contribution in [3.63, 3.8) is 0 Å². The summed E-state index contributed by atoms with van der Waals surface area (Å²) in [5, 5.41) is 6.31. The van der Waals surface area contributed by atoms with Crippen molar-refractivity contribution in [2.45, 2.75) is 33.2 Å². The van der Waals surface area contributed by atoms with E-state index < -0.39 is 0 Å². The lowest BCUT2D eigenvalue weighted by molar-refractivity contribution is 0.209. The van der Waals surface area contributed by atoms with Crippen LogP contribution in [0.2, 0.25) is 0 Å². The Morgan fingerprint density at radius 1 is 1.05 bits per heavy atom. The van der Waals surface area contributed by atoms with Crippen LogP contribution in [0, 0.1) is 0 Å². The van der Waals surface area contributed by atoms with Gasteiger partial charge < -0.3 is 20.3 Å². The van der Waals surface area contributed by atoms with Gasteiger partial charge in [0.2, 0.25) is 11.9 Å². The van der Waals surface area contributed by atoms with Gasteiger partial charge in [-0.15, -0.1) is 0 Å². The van der Waals surface area contributed by atoms with Gasteiger partial charge in [-0.1, -0.05) is 0 Å². The zero-order valence-electron chi connectivity index (χ0n) is 13.3. The molecule has 7 heteroatoms. The van der Waals surface area contributed by atoms with Gasteiger partial charge in [-0.25, -0.2) is 0 Å². The number of aromatic nitrogens is 3. The maximum Gasteiger partial charge on any atom is 0.323 e. The lowest BCUT2D eigenvalue weighted by atomic mass is 10.1. The Morgan fingerprint density at radius 3 is 2.15 bits per heavy atom. The van der Waals surface area contributed by atoms with E-state index in [0.717, 1.165) is 13.1 Å². The first kappa shape index (κ1) is 16.4. The second-order valence-corrected chi connectivity index (χ2v) is 5.29. The fraction of sp³-hybridized carbons (Fsp3) is 0.769. The van der Waals surface area contributed by atoms with Crippen molar-refractivity contribution in [3.05, 3.63) is 0 Å². The smallest absolute Gasteiger partial charge is 0.323 e. The van der Waals surface area contributed by atoms with Crippen molar-refractivity contribution in [2.24, 2.45) is 0 Å². The summed E-state index contributed by atoms with van der Waals surface area (Å²) in [5.41, 5.74) is -0.00322. The van der Waals surface area contributed by atoms with Gasteiger partial charge in [0.1, 0.15) is 0 Å². The highest BCUT2D eigenvalue weighted by Gasteiger charge is 2.20. The van der Waals surface area contributed by atoms with Crippen LogP contribution in [-0.2, 0) is 0 Å². The monoisotopic (exact) mass is 282 g/mol. The molecule has 0 saturated carbocycles. The molecule has 0 radical (unpaired) electrons. The van der Waals surface area contributed by atoms with Crippen molar-refractivity contribution in [2.75, 3.05) is 44.4 Å². The van der Waals surface area contributed by atoms with Gasteiger partial charge >= 0.3 is 6.01 Å². The van der Waals surface area contributed by atoms with Crippen LogP contribution in [0.25, 0.3) is 0 Å². The Morgan fingerprint density at radius 2 is 1.65 bits per heavy atom. The van der Waals surface area contributed by atoms with E-state index >= 15 is 0 Å². The van der Waals surface area contributed by atoms with Crippen molar-refractivity contribution in [3.8, 4) is 6.01 Å². The summed E-state index contributed by atoms with van der Waals surface area (Å²) in [4.78, 5) is 14.9. The third-order valence-electron chi connectivity index (χ3n) is 3.11. The Labute approximate surface area is 121 Å². The van der Waals surface area contributed by atoms with Gasteiger partial charge in [-0.05, 0) is 41.8 Å². The number of likely N-dealkylation sites (N-methyl/N-ethyl adjacent to an activating group) is 1. The second kappa shape index (κ2) is 7.23. The molecule has 0 atom stereocenters. The van der Waals surface area contributed by atoms with Crippen LogP contribution in [0.4, 0.5) is 11.9 Å². The van der Waals surface area contributed by atoms with E-state index in [1.54, 1.807) is 0 Å². The molecule has 0 aliphatic carbocycles. The lowest BCUT2D eigenvalue weighted by Gasteiger charge is -2.32. The average Bonchev–Trinajstić information content (AvgIpc) is 2.37. The van der Waals surface area contributed by atoms with Crippen LogP contribution in [0.15, 0.2) is 0 Å². The van der Waals surface area contributed by atoms with E-state index in [2.05, 4.69) is 44.3 Å². The van der Waals surface area contributed by atoms with Gasteiger partial charge in [0.05, 0.1) is 6.61 Å².